The van der Waals surface area contributed by atoms with Gasteiger partial charge in [0, 0.05) is 29.5 Å². The van der Waals surface area contributed by atoms with E-state index in [4.69, 9.17) is 16.3 Å². The van der Waals surface area contributed by atoms with Gasteiger partial charge in [-0.05, 0) is 24.3 Å². The summed E-state index contributed by atoms with van der Waals surface area (Å²) in [5, 5.41) is 1.67. The van der Waals surface area contributed by atoms with E-state index in [1.807, 2.05) is 30.5 Å². The third-order valence-electron chi connectivity index (χ3n) is 3.91. The molecule has 3 heterocycles. The van der Waals surface area contributed by atoms with Gasteiger partial charge in [0.15, 0.2) is 5.75 Å². The lowest BCUT2D eigenvalue weighted by molar-refractivity contribution is -0.945. The van der Waals surface area contributed by atoms with Gasteiger partial charge in [0.2, 0.25) is 6.73 Å². The minimum atomic E-state index is 0.620. The maximum Gasteiger partial charge on any atom is 0.223 e. The monoisotopic (exact) mass is 312 g/mol. The summed E-state index contributed by atoms with van der Waals surface area (Å²) in [5.41, 5.74) is 3.17. The predicted molar refractivity (Wildman–Crippen MR) is 84.9 cm³/mol. The van der Waals surface area contributed by atoms with Gasteiger partial charge in [-0.1, -0.05) is 17.7 Å². The van der Waals surface area contributed by atoms with Crippen LogP contribution in [0.2, 0.25) is 5.02 Å². The Morgan fingerprint density at radius 2 is 2.14 bits per heavy atom. The normalized spacial score (nSPS) is 17.0. The first kappa shape index (κ1) is 13.5. The van der Waals surface area contributed by atoms with Gasteiger partial charge in [0.1, 0.15) is 18.6 Å². The van der Waals surface area contributed by atoms with Gasteiger partial charge in [-0.2, -0.15) is 0 Å². The number of halogens is 1. The van der Waals surface area contributed by atoms with E-state index < -0.39 is 0 Å². The third kappa shape index (κ3) is 2.40. The number of pyridine rings is 2. The number of ether oxygens (including phenoxy) is 1. The molecule has 0 amide bonds. The lowest BCUT2D eigenvalue weighted by Gasteiger charge is -2.27. The van der Waals surface area contributed by atoms with Crippen molar-refractivity contribution in [3.63, 3.8) is 0 Å². The number of nitrogens with zero attached hydrogens (tertiary/aromatic N) is 2. The number of nitrogens with one attached hydrogen (secondary N) is 1. The third-order valence-corrected chi connectivity index (χ3v) is 4.22. The first-order valence-corrected chi connectivity index (χ1v) is 7.60. The van der Waals surface area contributed by atoms with E-state index in [1.54, 1.807) is 12.4 Å². The minimum Gasteiger partial charge on any atom is -0.443 e. The number of aromatic nitrogens is 2. The fourth-order valence-electron chi connectivity index (χ4n) is 2.92. The average molecular weight is 313 g/mol. The molecule has 0 saturated heterocycles. The molecule has 110 valence electrons. The van der Waals surface area contributed by atoms with Crippen LogP contribution in [-0.4, -0.2) is 16.7 Å². The molecule has 0 fully saturated rings. The Morgan fingerprint density at radius 3 is 3.00 bits per heavy atom. The maximum absolute atomic E-state index is 6.39. The summed E-state index contributed by atoms with van der Waals surface area (Å²) < 4.78 is 6.00. The highest BCUT2D eigenvalue weighted by atomic mass is 35.5. The summed E-state index contributed by atoms with van der Waals surface area (Å²) in [7, 11) is 0. The van der Waals surface area contributed by atoms with E-state index in [2.05, 4.69) is 16.0 Å². The molecule has 2 aromatic heterocycles. The van der Waals surface area contributed by atoms with Crippen molar-refractivity contribution in [2.24, 2.45) is 0 Å². The molecule has 1 aliphatic heterocycles. The van der Waals surface area contributed by atoms with Gasteiger partial charge in [-0.25, -0.2) is 0 Å². The van der Waals surface area contributed by atoms with Gasteiger partial charge in [-0.3, -0.25) is 14.9 Å². The zero-order chi connectivity index (χ0) is 14.9. The molecule has 0 radical (unpaired) electrons. The van der Waals surface area contributed by atoms with Crippen LogP contribution in [0.4, 0.5) is 0 Å². The van der Waals surface area contributed by atoms with Crippen LogP contribution in [0.25, 0.3) is 10.9 Å². The van der Waals surface area contributed by atoms with E-state index in [1.165, 1.54) is 10.5 Å². The highest BCUT2D eigenvalue weighted by Gasteiger charge is 2.24. The van der Waals surface area contributed by atoms with Crippen molar-refractivity contribution in [3.05, 3.63) is 65.1 Å². The molecule has 0 saturated carbocycles. The molecule has 4 nitrogen and oxygen atoms in total. The molecule has 0 aliphatic carbocycles. The van der Waals surface area contributed by atoms with E-state index in [-0.39, 0.29) is 0 Å². The Labute approximate surface area is 133 Å². The number of hydrogen-bond acceptors (Lipinski definition) is 3. The van der Waals surface area contributed by atoms with Crippen molar-refractivity contribution in [2.75, 3.05) is 6.73 Å². The van der Waals surface area contributed by atoms with Gasteiger partial charge >= 0.3 is 0 Å². The lowest BCUT2D eigenvalue weighted by atomic mass is 10.1. The molecule has 0 bridgehead atoms. The van der Waals surface area contributed by atoms with Crippen LogP contribution in [0.15, 0.2) is 48.9 Å². The highest BCUT2D eigenvalue weighted by Crippen LogP contribution is 2.34. The van der Waals surface area contributed by atoms with Crippen LogP contribution >= 0.6 is 11.6 Å². The summed E-state index contributed by atoms with van der Waals surface area (Å²) in [5.74, 6) is 0.870. The Bertz CT molecular complexity index is 823. The second kappa shape index (κ2) is 5.55. The molecule has 1 aromatic carbocycles. The molecule has 22 heavy (non-hydrogen) atoms. The first-order chi connectivity index (χ1) is 10.8. The Kier molecular flexibility index (Phi) is 3.41. The van der Waals surface area contributed by atoms with Crippen molar-refractivity contribution >= 4 is 22.5 Å². The van der Waals surface area contributed by atoms with E-state index in [0.717, 1.165) is 40.3 Å². The summed E-state index contributed by atoms with van der Waals surface area (Å²) in [4.78, 5) is 9.93. The van der Waals surface area contributed by atoms with Crippen molar-refractivity contribution in [2.45, 2.75) is 13.1 Å². The number of quaternary nitrogens is 1. The fraction of sp³-hybridized carbons (Fsp3) is 0.176. The molecule has 4 rings (SSSR count). The molecular weight excluding hydrogens is 298 g/mol. The molecule has 1 unspecified atom stereocenters. The van der Waals surface area contributed by atoms with Crippen molar-refractivity contribution < 1.29 is 9.64 Å². The zero-order valence-electron chi connectivity index (χ0n) is 11.9. The van der Waals surface area contributed by atoms with E-state index >= 15 is 0 Å². The lowest BCUT2D eigenvalue weighted by Crippen LogP contribution is -3.10. The predicted octanol–water partition coefficient (Wildman–Crippen LogP) is 2.22. The molecule has 1 atom stereocenters. The molecule has 5 heteroatoms. The molecule has 0 spiro atoms. The van der Waals surface area contributed by atoms with E-state index in [0.29, 0.717) is 6.73 Å². The number of fused-ring (bicyclic) bond motifs is 3. The quantitative estimate of drug-likeness (QED) is 0.788. The number of hydrogen-bond donors (Lipinski definition) is 1. The molecule has 3 aromatic rings. The van der Waals surface area contributed by atoms with Crippen molar-refractivity contribution in [1.29, 1.82) is 0 Å². The fourth-order valence-corrected chi connectivity index (χ4v) is 3.20. The van der Waals surface area contributed by atoms with Crippen LogP contribution in [0, 0.1) is 0 Å². The maximum atomic E-state index is 6.39. The zero-order valence-corrected chi connectivity index (χ0v) is 12.7. The smallest absolute Gasteiger partial charge is 0.223 e. The molecule has 1 N–H and O–H groups in total. The van der Waals surface area contributed by atoms with Crippen LogP contribution in [0.5, 0.6) is 5.75 Å². The SMILES string of the molecule is Clc1cc2c(c3ncccc13)OC[NH+](Cc1cccnc1)C2. The van der Waals surface area contributed by atoms with Crippen LogP contribution in [0.1, 0.15) is 11.1 Å². The number of rotatable bonds is 2. The summed E-state index contributed by atoms with van der Waals surface area (Å²) in [6, 6.07) is 9.92. The first-order valence-electron chi connectivity index (χ1n) is 7.22. The van der Waals surface area contributed by atoms with Crippen LogP contribution in [0.3, 0.4) is 0 Å². The van der Waals surface area contributed by atoms with Crippen molar-refractivity contribution in [1.82, 2.24) is 9.97 Å². The Morgan fingerprint density at radius 1 is 1.23 bits per heavy atom. The topological polar surface area (TPSA) is 39.5 Å². The standard InChI is InChI=1S/C17H14ClN3O/c18-15-7-13-10-21(9-12-3-1-5-19-8-12)11-22-17(13)16-14(15)4-2-6-20-16/h1-8H,9-11H2/p+1. The Hall–Kier alpha value is -2.17. The van der Waals surface area contributed by atoms with Crippen LogP contribution < -0.4 is 9.64 Å². The van der Waals surface area contributed by atoms with Gasteiger partial charge < -0.3 is 4.74 Å². The molecule has 1 aliphatic rings. The van der Waals surface area contributed by atoms with Gasteiger partial charge in [0.05, 0.1) is 10.6 Å². The summed E-state index contributed by atoms with van der Waals surface area (Å²) in [6.07, 6.45) is 5.47. The van der Waals surface area contributed by atoms with Gasteiger partial charge in [0.25, 0.3) is 0 Å². The summed E-state index contributed by atoms with van der Waals surface area (Å²) in [6.45, 7) is 2.37. The van der Waals surface area contributed by atoms with Crippen molar-refractivity contribution in [3.8, 4) is 5.75 Å². The van der Waals surface area contributed by atoms with Crippen LogP contribution in [-0.2, 0) is 13.1 Å². The molecular formula is C17H15ClN3O+. The minimum absolute atomic E-state index is 0.620. The Balaban J connectivity index is 1.66. The highest BCUT2D eigenvalue weighted by molar-refractivity contribution is 6.35. The second-order valence-corrected chi connectivity index (χ2v) is 5.91. The largest absolute Gasteiger partial charge is 0.443 e. The van der Waals surface area contributed by atoms with Gasteiger partial charge in [-0.15, -0.1) is 0 Å². The average Bonchev–Trinajstić information content (AvgIpc) is 2.56. The summed E-state index contributed by atoms with van der Waals surface area (Å²) >= 11 is 6.39. The number of benzene rings is 1. The van der Waals surface area contributed by atoms with E-state index in [9.17, 15) is 0 Å². The second-order valence-electron chi connectivity index (χ2n) is 5.50.